The van der Waals surface area contributed by atoms with E-state index in [0.717, 1.165) is 42.8 Å². The molecule has 2 heterocycles. The lowest BCUT2D eigenvalue weighted by atomic mass is 9.85. The summed E-state index contributed by atoms with van der Waals surface area (Å²) in [5.74, 6) is 2.00. The number of aliphatic imine (C=N–C) groups is 1. The van der Waals surface area contributed by atoms with Gasteiger partial charge in [-0.3, -0.25) is 19.5 Å². The van der Waals surface area contributed by atoms with E-state index in [4.69, 9.17) is 0 Å². The van der Waals surface area contributed by atoms with Gasteiger partial charge in [-0.05, 0) is 50.7 Å². The Bertz CT molecular complexity index is 1090. The van der Waals surface area contributed by atoms with Gasteiger partial charge < -0.3 is 15.2 Å². The molecule has 3 aliphatic rings. The summed E-state index contributed by atoms with van der Waals surface area (Å²) in [5.41, 5.74) is 2.17. The van der Waals surface area contributed by atoms with E-state index in [0.29, 0.717) is 25.6 Å². The van der Waals surface area contributed by atoms with Crippen LogP contribution in [0.3, 0.4) is 0 Å². The lowest BCUT2D eigenvalue weighted by Crippen LogP contribution is -2.43. The largest absolute Gasteiger partial charge is 0.357 e. The highest BCUT2D eigenvalue weighted by Gasteiger charge is 2.58. The molecule has 1 saturated heterocycles. The fraction of sp³-hybridized carbons (Fsp3) is 0.520. The Morgan fingerprint density at radius 3 is 2.55 bits per heavy atom. The normalized spacial score (nSPS) is 26.0. The fourth-order valence-electron chi connectivity index (χ4n) is 5.71. The van der Waals surface area contributed by atoms with Gasteiger partial charge in [0.1, 0.15) is 5.82 Å². The maximum atomic E-state index is 12.8. The molecule has 1 aromatic carbocycles. The smallest absolute Gasteiger partial charge is 0.233 e. The number of allylic oxidation sites excluding steroid dienone is 2. The van der Waals surface area contributed by atoms with Gasteiger partial charge in [0.25, 0.3) is 0 Å². The lowest BCUT2D eigenvalue weighted by Gasteiger charge is -2.18. The second-order valence-corrected chi connectivity index (χ2v) is 9.17. The number of fused-ring (bicyclic) bond motifs is 6. The molecular formula is C25H32N6O2. The number of benzene rings is 1. The summed E-state index contributed by atoms with van der Waals surface area (Å²) in [4.78, 5) is 36.4. The number of nitrogens with one attached hydrogen (secondary N) is 2. The first-order valence-corrected chi connectivity index (χ1v) is 12.1. The Morgan fingerprint density at radius 2 is 1.82 bits per heavy atom. The fourth-order valence-corrected chi connectivity index (χ4v) is 5.71. The van der Waals surface area contributed by atoms with Gasteiger partial charge in [-0.2, -0.15) is 0 Å². The first-order valence-electron chi connectivity index (χ1n) is 12.1. The number of aryl methyl sites for hydroxylation is 2. The topological polar surface area (TPSA) is 91.6 Å². The second-order valence-electron chi connectivity index (χ2n) is 9.17. The molecule has 174 valence electrons. The molecule has 2 amide bonds. The van der Waals surface area contributed by atoms with Crippen molar-refractivity contribution >= 4 is 28.8 Å². The van der Waals surface area contributed by atoms with Gasteiger partial charge in [0.05, 0.1) is 22.9 Å². The van der Waals surface area contributed by atoms with Crippen LogP contribution in [0.2, 0.25) is 0 Å². The molecule has 4 unspecified atom stereocenters. The first kappa shape index (κ1) is 21.7. The van der Waals surface area contributed by atoms with E-state index in [1.165, 1.54) is 4.90 Å². The quantitative estimate of drug-likeness (QED) is 0.212. The zero-order valence-electron chi connectivity index (χ0n) is 19.3. The molecule has 1 aliphatic heterocycles. The number of rotatable bonds is 8. The van der Waals surface area contributed by atoms with Crippen LogP contribution >= 0.6 is 0 Å². The van der Waals surface area contributed by atoms with Crippen LogP contribution in [0.1, 0.15) is 25.6 Å². The van der Waals surface area contributed by atoms with Gasteiger partial charge in [0.2, 0.25) is 11.8 Å². The van der Waals surface area contributed by atoms with E-state index in [1.807, 2.05) is 32.0 Å². The van der Waals surface area contributed by atoms with Crippen molar-refractivity contribution in [2.24, 2.45) is 28.7 Å². The molecule has 0 spiro atoms. The molecule has 2 N–H and O–H groups in total. The summed E-state index contributed by atoms with van der Waals surface area (Å²) < 4.78 is 2.23. The molecule has 1 aromatic heterocycles. The van der Waals surface area contributed by atoms with Gasteiger partial charge in [0, 0.05) is 32.7 Å². The van der Waals surface area contributed by atoms with Crippen molar-refractivity contribution in [1.82, 2.24) is 25.1 Å². The zero-order chi connectivity index (χ0) is 22.9. The summed E-state index contributed by atoms with van der Waals surface area (Å²) >= 11 is 0. The van der Waals surface area contributed by atoms with E-state index in [-0.39, 0.29) is 35.5 Å². The van der Waals surface area contributed by atoms with Gasteiger partial charge >= 0.3 is 0 Å². The van der Waals surface area contributed by atoms with E-state index in [2.05, 4.69) is 43.4 Å². The zero-order valence-corrected chi connectivity index (χ0v) is 19.3. The number of amides is 2. The maximum absolute atomic E-state index is 12.8. The number of hydrogen-bond donors (Lipinski definition) is 2. The van der Waals surface area contributed by atoms with Crippen LogP contribution in [0.15, 0.2) is 41.4 Å². The Kier molecular flexibility index (Phi) is 5.91. The van der Waals surface area contributed by atoms with E-state index >= 15 is 0 Å². The van der Waals surface area contributed by atoms with Crippen molar-refractivity contribution in [2.45, 2.75) is 33.2 Å². The summed E-state index contributed by atoms with van der Waals surface area (Å²) in [5, 5.41) is 6.54. The average Bonchev–Trinajstić information content (AvgIpc) is 3.55. The highest BCUT2D eigenvalue weighted by atomic mass is 16.2. The molecule has 33 heavy (non-hydrogen) atoms. The van der Waals surface area contributed by atoms with Crippen LogP contribution in [-0.2, 0) is 16.1 Å². The van der Waals surface area contributed by atoms with E-state index < -0.39 is 0 Å². The van der Waals surface area contributed by atoms with Crippen molar-refractivity contribution in [3.05, 3.63) is 42.2 Å². The predicted octanol–water partition coefficient (Wildman–Crippen LogP) is 2.10. The van der Waals surface area contributed by atoms with Crippen molar-refractivity contribution in [1.29, 1.82) is 0 Å². The molecule has 4 atom stereocenters. The summed E-state index contributed by atoms with van der Waals surface area (Å²) in [6.45, 7) is 7.21. The van der Waals surface area contributed by atoms with Gasteiger partial charge in [-0.25, -0.2) is 4.98 Å². The Labute approximate surface area is 194 Å². The standard InChI is InChI=1S/C25H32N6O2/c1-3-26-25(27-11-6-13-30-16(2)29-19-7-4-5-8-20(19)30)28-12-14-31-23(32)21-17-9-10-18(15-17)22(21)24(31)33/h4-5,7-10,17-18,21-22H,3,6,11-15H2,1-2H3,(H2,26,27,28). The third-order valence-electron chi connectivity index (χ3n) is 7.19. The van der Waals surface area contributed by atoms with Crippen molar-refractivity contribution in [3.8, 4) is 0 Å². The molecule has 1 saturated carbocycles. The number of imidazole rings is 1. The highest BCUT2D eigenvalue weighted by molar-refractivity contribution is 6.06. The number of para-hydroxylation sites is 2. The number of guanidine groups is 1. The third kappa shape index (κ3) is 3.92. The van der Waals surface area contributed by atoms with Crippen LogP contribution in [0, 0.1) is 30.6 Å². The Morgan fingerprint density at radius 1 is 1.09 bits per heavy atom. The summed E-state index contributed by atoms with van der Waals surface area (Å²) in [6.07, 6.45) is 6.11. The molecule has 8 heteroatoms. The van der Waals surface area contributed by atoms with Gasteiger partial charge in [-0.1, -0.05) is 24.3 Å². The Hall–Kier alpha value is -3.16. The maximum Gasteiger partial charge on any atom is 0.233 e. The molecular weight excluding hydrogens is 416 g/mol. The number of likely N-dealkylation sites (tertiary alicyclic amines) is 1. The molecule has 2 bridgehead atoms. The van der Waals surface area contributed by atoms with E-state index in [1.54, 1.807) is 0 Å². The van der Waals surface area contributed by atoms with Crippen molar-refractivity contribution in [2.75, 3.05) is 26.2 Å². The second kappa shape index (κ2) is 9.00. The Balaban J connectivity index is 1.13. The number of carbonyl (C=O) groups excluding carboxylic acids is 2. The number of aromatic nitrogens is 2. The number of hydrogen-bond acceptors (Lipinski definition) is 4. The van der Waals surface area contributed by atoms with Crippen LogP contribution in [-0.4, -0.2) is 58.4 Å². The molecule has 2 aromatic rings. The minimum atomic E-state index is -0.128. The van der Waals surface area contributed by atoms with Crippen LogP contribution < -0.4 is 10.6 Å². The molecule has 2 fully saturated rings. The SMILES string of the molecule is CCNC(=NCCCn1c(C)nc2ccccc21)NCCN1C(=O)C2C3C=CC(C3)C2C1=O. The molecule has 5 rings (SSSR count). The van der Waals surface area contributed by atoms with Gasteiger partial charge in [-0.15, -0.1) is 0 Å². The number of imide groups is 1. The third-order valence-corrected chi connectivity index (χ3v) is 7.19. The van der Waals surface area contributed by atoms with Crippen LogP contribution in [0.4, 0.5) is 0 Å². The molecule has 0 radical (unpaired) electrons. The molecule has 2 aliphatic carbocycles. The average molecular weight is 449 g/mol. The van der Waals surface area contributed by atoms with Crippen LogP contribution in [0.25, 0.3) is 11.0 Å². The van der Waals surface area contributed by atoms with Crippen molar-refractivity contribution in [3.63, 3.8) is 0 Å². The van der Waals surface area contributed by atoms with Crippen molar-refractivity contribution < 1.29 is 9.59 Å². The van der Waals surface area contributed by atoms with Gasteiger partial charge in [0.15, 0.2) is 5.96 Å². The van der Waals surface area contributed by atoms with E-state index in [9.17, 15) is 9.59 Å². The molecule has 8 nitrogen and oxygen atoms in total. The number of carbonyl (C=O) groups is 2. The highest BCUT2D eigenvalue weighted by Crippen LogP contribution is 2.52. The first-order chi connectivity index (χ1) is 16.1. The minimum absolute atomic E-state index is 0.00789. The summed E-state index contributed by atoms with van der Waals surface area (Å²) in [6, 6.07) is 8.18. The summed E-state index contributed by atoms with van der Waals surface area (Å²) in [7, 11) is 0. The minimum Gasteiger partial charge on any atom is -0.357 e. The monoisotopic (exact) mass is 448 g/mol. The number of nitrogens with zero attached hydrogens (tertiary/aromatic N) is 4. The van der Waals surface area contributed by atoms with Crippen LogP contribution in [0.5, 0.6) is 0 Å². The lowest BCUT2D eigenvalue weighted by molar-refractivity contribution is -0.140. The predicted molar refractivity (Wildman–Crippen MR) is 128 cm³/mol.